The van der Waals surface area contributed by atoms with E-state index in [0.717, 1.165) is 15.4 Å². The summed E-state index contributed by atoms with van der Waals surface area (Å²) in [7, 11) is -3.99. The largest absolute Gasteiger partial charge is 0.354 e. The number of aryl methyl sites for hydroxylation is 1. The van der Waals surface area contributed by atoms with E-state index in [9.17, 15) is 13.2 Å². The van der Waals surface area contributed by atoms with Crippen LogP contribution in [0.1, 0.15) is 24.0 Å². The highest BCUT2D eigenvalue weighted by molar-refractivity contribution is 7.92. The van der Waals surface area contributed by atoms with Crippen molar-refractivity contribution in [3.05, 3.63) is 95.0 Å². The number of nitrogens with one attached hydrogen (secondary N) is 1. The molecule has 162 valence electrons. The quantitative estimate of drug-likeness (QED) is 0.531. The Morgan fingerprint density at radius 1 is 0.968 bits per heavy atom. The molecule has 0 aromatic heterocycles. The molecule has 31 heavy (non-hydrogen) atoms. The van der Waals surface area contributed by atoms with Crippen molar-refractivity contribution >= 4 is 33.2 Å². The minimum atomic E-state index is -3.99. The molecule has 0 heterocycles. The van der Waals surface area contributed by atoms with Crippen molar-refractivity contribution in [2.75, 3.05) is 17.4 Å². The SMILES string of the molecule is Cc1ccc(S(=O)(=O)N(CC(=O)NC[C@@H](C)c2ccccc2)c2ccccc2Cl)cc1. The average Bonchev–Trinajstić information content (AvgIpc) is 2.77. The highest BCUT2D eigenvalue weighted by Gasteiger charge is 2.28. The maximum absolute atomic E-state index is 13.4. The molecule has 0 saturated heterocycles. The average molecular weight is 457 g/mol. The third kappa shape index (κ3) is 5.66. The van der Waals surface area contributed by atoms with E-state index in [1.165, 1.54) is 12.1 Å². The molecule has 0 fully saturated rings. The molecule has 1 atom stereocenters. The van der Waals surface area contributed by atoms with Gasteiger partial charge in [0, 0.05) is 6.54 Å². The van der Waals surface area contributed by atoms with Gasteiger partial charge in [-0.15, -0.1) is 0 Å². The van der Waals surface area contributed by atoms with Gasteiger partial charge < -0.3 is 5.32 Å². The van der Waals surface area contributed by atoms with Gasteiger partial charge >= 0.3 is 0 Å². The molecule has 0 bridgehead atoms. The number of benzene rings is 3. The van der Waals surface area contributed by atoms with Crippen LogP contribution in [0.5, 0.6) is 0 Å². The first kappa shape index (κ1) is 22.8. The van der Waals surface area contributed by atoms with Crippen LogP contribution in [0.25, 0.3) is 0 Å². The van der Waals surface area contributed by atoms with E-state index in [1.54, 1.807) is 36.4 Å². The third-order valence-corrected chi connectivity index (χ3v) is 7.08. The summed E-state index contributed by atoms with van der Waals surface area (Å²) in [5.74, 6) is -0.314. The lowest BCUT2D eigenvalue weighted by molar-refractivity contribution is -0.119. The van der Waals surface area contributed by atoms with Crippen LogP contribution in [0.2, 0.25) is 5.02 Å². The summed E-state index contributed by atoms with van der Waals surface area (Å²) in [4.78, 5) is 12.8. The van der Waals surface area contributed by atoms with Crippen LogP contribution in [-0.2, 0) is 14.8 Å². The van der Waals surface area contributed by atoms with Crippen LogP contribution in [0.3, 0.4) is 0 Å². The predicted octanol–water partition coefficient (Wildman–Crippen LogP) is 4.76. The summed E-state index contributed by atoms with van der Waals surface area (Å²) in [6, 6.07) is 22.9. The molecule has 0 radical (unpaired) electrons. The summed E-state index contributed by atoms with van der Waals surface area (Å²) in [5, 5.41) is 3.10. The second-order valence-electron chi connectivity index (χ2n) is 7.39. The Kier molecular flexibility index (Phi) is 7.36. The number of anilines is 1. The summed E-state index contributed by atoms with van der Waals surface area (Å²) < 4.78 is 27.8. The van der Waals surface area contributed by atoms with E-state index >= 15 is 0 Å². The number of para-hydroxylation sites is 1. The highest BCUT2D eigenvalue weighted by Crippen LogP contribution is 2.30. The highest BCUT2D eigenvalue weighted by atomic mass is 35.5. The molecule has 0 aliphatic carbocycles. The number of sulfonamides is 1. The molecule has 0 aliphatic heterocycles. The number of halogens is 1. The number of hydrogen-bond acceptors (Lipinski definition) is 3. The zero-order valence-corrected chi connectivity index (χ0v) is 19.0. The summed E-state index contributed by atoms with van der Waals surface area (Å²) >= 11 is 6.29. The van der Waals surface area contributed by atoms with Crippen LogP contribution >= 0.6 is 11.6 Å². The molecule has 0 saturated carbocycles. The number of rotatable bonds is 8. The number of carbonyl (C=O) groups is 1. The molecule has 0 spiro atoms. The Balaban J connectivity index is 1.83. The van der Waals surface area contributed by atoms with Crippen LogP contribution in [0.15, 0.2) is 83.8 Å². The number of hydrogen-bond donors (Lipinski definition) is 1. The van der Waals surface area contributed by atoms with Crippen LogP contribution in [0, 0.1) is 6.92 Å². The number of nitrogens with zero attached hydrogens (tertiary/aromatic N) is 1. The minimum absolute atomic E-state index is 0.0904. The van der Waals surface area contributed by atoms with Gasteiger partial charge in [0.15, 0.2) is 0 Å². The number of carbonyl (C=O) groups excluding carboxylic acids is 1. The van der Waals surface area contributed by atoms with Crippen LogP contribution in [-0.4, -0.2) is 27.4 Å². The zero-order valence-electron chi connectivity index (χ0n) is 17.5. The van der Waals surface area contributed by atoms with E-state index in [2.05, 4.69) is 5.32 Å². The summed E-state index contributed by atoms with van der Waals surface area (Å²) in [6.45, 7) is 3.90. The zero-order chi connectivity index (χ0) is 22.4. The lowest BCUT2D eigenvalue weighted by Gasteiger charge is -2.25. The predicted molar refractivity (Wildman–Crippen MR) is 125 cm³/mol. The monoisotopic (exact) mass is 456 g/mol. The molecule has 1 amide bonds. The Labute approximate surface area is 188 Å². The molecule has 3 aromatic rings. The standard InChI is InChI=1S/C24H25ClN2O3S/c1-18-12-14-21(15-13-18)31(29,30)27(23-11-7-6-10-22(23)25)17-24(28)26-16-19(2)20-8-4-3-5-9-20/h3-15,19H,16-17H2,1-2H3,(H,26,28)/t19-/m1/s1. The van der Waals surface area contributed by atoms with Gasteiger partial charge in [0.25, 0.3) is 10.0 Å². The molecule has 3 aromatic carbocycles. The van der Waals surface area contributed by atoms with Crippen LogP contribution < -0.4 is 9.62 Å². The van der Waals surface area contributed by atoms with Crippen molar-refractivity contribution in [3.63, 3.8) is 0 Å². The third-order valence-electron chi connectivity index (χ3n) is 4.99. The molecule has 7 heteroatoms. The molecule has 0 aliphatic rings. The second kappa shape index (κ2) is 9.98. The van der Waals surface area contributed by atoms with Crippen molar-refractivity contribution in [2.45, 2.75) is 24.7 Å². The van der Waals surface area contributed by atoms with E-state index < -0.39 is 15.9 Å². The van der Waals surface area contributed by atoms with Gasteiger partial charge in [-0.05, 0) is 42.7 Å². The van der Waals surface area contributed by atoms with E-state index in [-0.39, 0.29) is 28.1 Å². The first-order valence-electron chi connectivity index (χ1n) is 9.94. The van der Waals surface area contributed by atoms with Gasteiger partial charge in [-0.2, -0.15) is 0 Å². The maximum Gasteiger partial charge on any atom is 0.264 e. The van der Waals surface area contributed by atoms with Gasteiger partial charge in [0.2, 0.25) is 5.91 Å². The Morgan fingerprint density at radius 2 is 1.58 bits per heavy atom. The fourth-order valence-corrected chi connectivity index (χ4v) is 4.87. The normalized spacial score (nSPS) is 12.2. The minimum Gasteiger partial charge on any atom is -0.354 e. The molecule has 5 nitrogen and oxygen atoms in total. The fourth-order valence-electron chi connectivity index (χ4n) is 3.14. The molecule has 1 N–H and O–H groups in total. The smallest absolute Gasteiger partial charge is 0.264 e. The number of amides is 1. The van der Waals surface area contributed by atoms with Crippen molar-refractivity contribution in [3.8, 4) is 0 Å². The molecular formula is C24H25ClN2O3S. The van der Waals surface area contributed by atoms with Crippen LogP contribution in [0.4, 0.5) is 5.69 Å². The summed E-state index contributed by atoms with van der Waals surface area (Å²) in [6.07, 6.45) is 0. The van der Waals surface area contributed by atoms with E-state index in [4.69, 9.17) is 11.6 Å². The van der Waals surface area contributed by atoms with Gasteiger partial charge in [-0.3, -0.25) is 9.10 Å². The Bertz CT molecular complexity index is 1130. The van der Waals surface area contributed by atoms with Gasteiger partial charge in [-0.1, -0.05) is 78.7 Å². The Morgan fingerprint density at radius 3 is 2.23 bits per heavy atom. The summed E-state index contributed by atoms with van der Waals surface area (Å²) in [5.41, 5.74) is 2.30. The Hall–Kier alpha value is -2.83. The van der Waals surface area contributed by atoms with E-state index in [1.807, 2.05) is 44.2 Å². The maximum atomic E-state index is 13.4. The second-order valence-corrected chi connectivity index (χ2v) is 9.66. The lowest BCUT2D eigenvalue weighted by Crippen LogP contribution is -2.41. The van der Waals surface area contributed by atoms with E-state index in [0.29, 0.717) is 6.54 Å². The fraction of sp³-hybridized carbons (Fsp3) is 0.208. The van der Waals surface area contributed by atoms with Gasteiger partial charge in [0.05, 0.1) is 15.6 Å². The first-order chi connectivity index (χ1) is 14.8. The molecular weight excluding hydrogens is 432 g/mol. The lowest BCUT2D eigenvalue weighted by atomic mass is 10.0. The molecule has 3 rings (SSSR count). The van der Waals surface area contributed by atoms with Crippen molar-refractivity contribution in [2.24, 2.45) is 0 Å². The topological polar surface area (TPSA) is 66.5 Å². The van der Waals surface area contributed by atoms with Crippen molar-refractivity contribution in [1.82, 2.24) is 5.32 Å². The van der Waals surface area contributed by atoms with Crippen molar-refractivity contribution < 1.29 is 13.2 Å². The first-order valence-corrected chi connectivity index (χ1v) is 11.8. The van der Waals surface area contributed by atoms with Crippen molar-refractivity contribution in [1.29, 1.82) is 0 Å². The van der Waals surface area contributed by atoms with Gasteiger partial charge in [-0.25, -0.2) is 8.42 Å². The van der Waals surface area contributed by atoms with Gasteiger partial charge in [0.1, 0.15) is 6.54 Å². The molecule has 0 unspecified atom stereocenters.